The number of aromatic nitrogens is 2. The summed E-state index contributed by atoms with van der Waals surface area (Å²) in [5, 5.41) is 10.8. The first-order valence-corrected chi connectivity index (χ1v) is 9.56. The number of rotatable bonds is 7. The van der Waals surface area contributed by atoms with Crippen molar-refractivity contribution in [2.24, 2.45) is 0 Å². The van der Waals surface area contributed by atoms with Crippen molar-refractivity contribution in [1.29, 1.82) is 0 Å². The molecule has 27 heavy (non-hydrogen) atoms. The molecule has 0 amide bonds. The number of hydrogen-bond acceptors (Lipinski definition) is 6. The lowest BCUT2D eigenvalue weighted by molar-refractivity contribution is 0.340. The van der Waals surface area contributed by atoms with Gasteiger partial charge in [0, 0.05) is 5.69 Å². The van der Waals surface area contributed by atoms with Crippen molar-refractivity contribution >= 4 is 27.3 Å². The molecule has 7 nitrogen and oxygen atoms in total. The zero-order valence-corrected chi connectivity index (χ0v) is 15.2. The fraction of sp³-hybridized carbons (Fsp3) is 0.111. The number of nitrogens with one attached hydrogen (secondary N) is 2. The Bertz CT molecular complexity index is 992. The number of halogens is 1. The van der Waals surface area contributed by atoms with E-state index in [9.17, 15) is 12.8 Å². The Balaban J connectivity index is 1.67. The van der Waals surface area contributed by atoms with E-state index in [0.717, 1.165) is 23.6 Å². The van der Waals surface area contributed by atoms with Crippen LogP contribution in [0.2, 0.25) is 0 Å². The molecule has 0 atom stereocenters. The van der Waals surface area contributed by atoms with Crippen LogP contribution >= 0.6 is 0 Å². The largest absolute Gasteiger partial charge is 0.494 e. The lowest BCUT2D eigenvalue weighted by atomic mass is 10.3. The maximum Gasteiger partial charge on any atom is 0.263 e. The molecule has 0 unspecified atom stereocenters. The van der Waals surface area contributed by atoms with E-state index in [-0.39, 0.29) is 10.7 Å². The molecular weight excluding hydrogens is 371 g/mol. The molecule has 0 aliphatic heterocycles. The number of ether oxygens (including phenoxy) is 1. The minimum atomic E-state index is -3.87. The van der Waals surface area contributed by atoms with E-state index in [4.69, 9.17) is 4.74 Å². The molecular formula is C18H17FN4O3S. The highest BCUT2D eigenvalue weighted by Gasteiger charge is 2.15. The summed E-state index contributed by atoms with van der Waals surface area (Å²) in [6.07, 6.45) is 0. The van der Waals surface area contributed by atoms with Gasteiger partial charge in [0.1, 0.15) is 11.6 Å². The molecule has 2 N–H and O–H groups in total. The van der Waals surface area contributed by atoms with Gasteiger partial charge in [0.05, 0.1) is 11.5 Å². The summed E-state index contributed by atoms with van der Waals surface area (Å²) >= 11 is 0. The van der Waals surface area contributed by atoms with Gasteiger partial charge in [0.2, 0.25) is 0 Å². The predicted molar refractivity (Wildman–Crippen MR) is 100 cm³/mol. The second-order valence-electron chi connectivity index (χ2n) is 5.45. The third kappa shape index (κ3) is 4.91. The van der Waals surface area contributed by atoms with Crippen LogP contribution in [0.15, 0.2) is 65.6 Å². The van der Waals surface area contributed by atoms with Crippen LogP contribution in [0.25, 0.3) is 0 Å². The van der Waals surface area contributed by atoms with E-state index in [1.807, 2.05) is 31.2 Å². The number of hydrogen-bond donors (Lipinski definition) is 2. The molecule has 3 rings (SSSR count). The van der Waals surface area contributed by atoms with Crippen molar-refractivity contribution in [3.05, 3.63) is 66.5 Å². The summed E-state index contributed by atoms with van der Waals surface area (Å²) in [7, 11) is -3.87. The van der Waals surface area contributed by atoms with Crippen molar-refractivity contribution < 1.29 is 17.5 Å². The Morgan fingerprint density at radius 3 is 2.15 bits per heavy atom. The van der Waals surface area contributed by atoms with Crippen LogP contribution in [0.3, 0.4) is 0 Å². The van der Waals surface area contributed by atoms with E-state index >= 15 is 0 Å². The first-order valence-electron chi connectivity index (χ1n) is 8.08. The van der Waals surface area contributed by atoms with Crippen LogP contribution in [0, 0.1) is 5.82 Å². The van der Waals surface area contributed by atoms with E-state index in [1.54, 1.807) is 6.07 Å². The molecule has 0 spiro atoms. The van der Waals surface area contributed by atoms with Gasteiger partial charge in [0.15, 0.2) is 11.6 Å². The van der Waals surface area contributed by atoms with Crippen LogP contribution in [0.1, 0.15) is 6.92 Å². The summed E-state index contributed by atoms with van der Waals surface area (Å²) in [6, 6.07) is 14.9. The molecule has 9 heteroatoms. The monoisotopic (exact) mass is 388 g/mol. The summed E-state index contributed by atoms with van der Waals surface area (Å²) in [6.45, 7) is 2.50. The molecule has 1 aromatic heterocycles. The maximum absolute atomic E-state index is 12.9. The summed E-state index contributed by atoms with van der Waals surface area (Å²) < 4.78 is 45.1. The van der Waals surface area contributed by atoms with Gasteiger partial charge in [-0.3, -0.25) is 4.72 Å². The van der Waals surface area contributed by atoms with Crippen molar-refractivity contribution in [3.8, 4) is 5.75 Å². The predicted octanol–water partition coefficient (Wildman–Crippen LogP) is 3.56. The number of nitrogens with zero attached hydrogens (tertiary/aromatic N) is 2. The highest BCUT2D eigenvalue weighted by molar-refractivity contribution is 7.92. The highest BCUT2D eigenvalue weighted by atomic mass is 32.2. The van der Waals surface area contributed by atoms with Gasteiger partial charge in [0.25, 0.3) is 10.0 Å². The molecule has 0 saturated heterocycles. The topological polar surface area (TPSA) is 93.2 Å². The average Bonchev–Trinajstić information content (AvgIpc) is 2.65. The Hall–Kier alpha value is -3.20. The quantitative estimate of drug-likeness (QED) is 0.643. The molecule has 3 aromatic rings. The third-order valence-electron chi connectivity index (χ3n) is 3.47. The van der Waals surface area contributed by atoms with E-state index in [1.165, 1.54) is 18.2 Å². The summed E-state index contributed by atoms with van der Waals surface area (Å²) in [5.41, 5.74) is 0.785. The Morgan fingerprint density at radius 2 is 1.56 bits per heavy atom. The SMILES string of the molecule is CCOc1ccc(Nc2ccc(NS(=O)(=O)c3ccc(F)cc3)nn2)cc1. The van der Waals surface area contributed by atoms with Crippen LogP contribution < -0.4 is 14.8 Å². The van der Waals surface area contributed by atoms with Crippen LogP contribution in [-0.2, 0) is 10.0 Å². The molecule has 0 saturated carbocycles. The first kappa shape index (κ1) is 18.6. The molecule has 0 radical (unpaired) electrons. The molecule has 0 aliphatic carbocycles. The number of sulfonamides is 1. The van der Waals surface area contributed by atoms with E-state index in [2.05, 4.69) is 20.2 Å². The summed E-state index contributed by atoms with van der Waals surface area (Å²) in [4.78, 5) is -0.0673. The highest BCUT2D eigenvalue weighted by Crippen LogP contribution is 2.20. The van der Waals surface area contributed by atoms with Gasteiger partial charge >= 0.3 is 0 Å². The Kier molecular flexibility index (Phi) is 5.51. The van der Waals surface area contributed by atoms with Crippen LogP contribution in [-0.4, -0.2) is 25.2 Å². The molecule has 1 heterocycles. The normalized spacial score (nSPS) is 11.0. The van der Waals surface area contributed by atoms with Crippen molar-refractivity contribution in [2.45, 2.75) is 11.8 Å². The lowest BCUT2D eigenvalue weighted by Crippen LogP contribution is -2.14. The van der Waals surface area contributed by atoms with Crippen molar-refractivity contribution in [3.63, 3.8) is 0 Å². The fourth-order valence-corrected chi connectivity index (χ4v) is 3.21. The van der Waals surface area contributed by atoms with Crippen LogP contribution in [0.5, 0.6) is 5.75 Å². The Labute approximate surface area is 156 Å². The minimum Gasteiger partial charge on any atom is -0.494 e. The molecule has 2 aromatic carbocycles. The molecule has 0 fully saturated rings. The van der Waals surface area contributed by atoms with E-state index in [0.29, 0.717) is 12.4 Å². The third-order valence-corrected chi connectivity index (χ3v) is 4.84. The van der Waals surface area contributed by atoms with Crippen molar-refractivity contribution in [1.82, 2.24) is 10.2 Å². The van der Waals surface area contributed by atoms with Gasteiger partial charge in [-0.25, -0.2) is 12.8 Å². The molecule has 0 bridgehead atoms. The number of anilines is 3. The second-order valence-corrected chi connectivity index (χ2v) is 7.13. The fourth-order valence-electron chi connectivity index (χ4n) is 2.21. The van der Waals surface area contributed by atoms with Gasteiger partial charge in [-0.2, -0.15) is 0 Å². The number of benzene rings is 2. The standard InChI is InChI=1S/C18H17FN4O3S/c1-2-26-15-7-5-14(6-8-15)20-17-11-12-18(22-21-17)23-27(24,25)16-9-3-13(19)4-10-16/h3-12H,2H2,1H3,(H,20,21)(H,22,23). The zero-order valence-electron chi connectivity index (χ0n) is 14.4. The Morgan fingerprint density at radius 1 is 0.926 bits per heavy atom. The molecule has 140 valence electrons. The maximum atomic E-state index is 12.9. The first-order chi connectivity index (χ1) is 13.0. The van der Waals surface area contributed by atoms with Gasteiger partial charge in [-0.15, -0.1) is 10.2 Å². The average molecular weight is 388 g/mol. The van der Waals surface area contributed by atoms with Crippen LogP contribution in [0.4, 0.5) is 21.7 Å². The lowest BCUT2D eigenvalue weighted by Gasteiger charge is -2.09. The van der Waals surface area contributed by atoms with Gasteiger partial charge < -0.3 is 10.1 Å². The zero-order chi connectivity index (χ0) is 19.3. The van der Waals surface area contributed by atoms with E-state index < -0.39 is 15.8 Å². The minimum absolute atomic E-state index is 0.0524. The summed E-state index contributed by atoms with van der Waals surface area (Å²) in [5.74, 6) is 0.749. The smallest absolute Gasteiger partial charge is 0.263 e. The second kappa shape index (κ2) is 8.00. The van der Waals surface area contributed by atoms with Gasteiger partial charge in [-0.05, 0) is 67.6 Å². The van der Waals surface area contributed by atoms with Gasteiger partial charge in [-0.1, -0.05) is 0 Å². The molecule has 0 aliphatic rings. The van der Waals surface area contributed by atoms with Crippen molar-refractivity contribution in [2.75, 3.05) is 16.6 Å².